The Kier molecular flexibility index (Phi) is 4.40. The third-order valence-electron chi connectivity index (χ3n) is 2.05. The SMILES string of the molecule is CC(=O)/C(C)=C/c1ccc(SC(F)(F)F)cc1. The van der Waals surface area contributed by atoms with Gasteiger partial charge in [-0.3, -0.25) is 4.79 Å². The zero-order chi connectivity index (χ0) is 13.1. The van der Waals surface area contributed by atoms with Gasteiger partial charge < -0.3 is 0 Å². The molecule has 0 saturated heterocycles. The number of Topliss-reactive ketones (excluding diaryl/α,β-unsaturated/α-hetero) is 1. The highest BCUT2D eigenvalue weighted by Crippen LogP contribution is 2.36. The summed E-state index contributed by atoms with van der Waals surface area (Å²) >= 11 is -0.153. The third kappa shape index (κ3) is 5.08. The Morgan fingerprint density at radius 3 is 2.12 bits per heavy atom. The molecule has 0 bridgehead atoms. The monoisotopic (exact) mass is 260 g/mol. The molecule has 0 spiro atoms. The number of rotatable bonds is 3. The largest absolute Gasteiger partial charge is 0.446 e. The van der Waals surface area contributed by atoms with Gasteiger partial charge in [-0.25, -0.2) is 0 Å². The van der Waals surface area contributed by atoms with Gasteiger partial charge in [0, 0.05) is 4.90 Å². The normalized spacial score (nSPS) is 12.6. The Morgan fingerprint density at radius 2 is 1.71 bits per heavy atom. The third-order valence-corrected chi connectivity index (χ3v) is 2.79. The number of halogens is 3. The van der Waals surface area contributed by atoms with E-state index in [9.17, 15) is 18.0 Å². The molecule has 5 heteroatoms. The molecule has 0 N–H and O–H groups in total. The number of benzene rings is 1. The van der Waals surface area contributed by atoms with E-state index < -0.39 is 5.51 Å². The van der Waals surface area contributed by atoms with Gasteiger partial charge in [-0.1, -0.05) is 12.1 Å². The summed E-state index contributed by atoms with van der Waals surface area (Å²) in [7, 11) is 0. The Morgan fingerprint density at radius 1 is 1.18 bits per heavy atom. The minimum Gasteiger partial charge on any atom is -0.295 e. The number of carbonyl (C=O) groups is 1. The second kappa shape index (κ2) is 5.40. The lowest BCUT2D eigenvalue weighted by Crippen LogP contribution is -1.98. The van der Waals surface area contributed by atoms with E-state index >= 15 is 0 Å². The Labute approximate surface area is 102 Å². The number of carbonyl (C=O) groups excluding carboxylic acids is 1. The van der Waals surface area contributed by atoms with E-state index in [-0.39, 0.29) is 22.4 Å². The molecule has 0 saturated carbocycles. The van der Waals surface area contributed by atoms with Gasteiger partial charge in [0.25, 0.3) is 0 Å². The molecule has 17 heavy (non-hydrogen) atoms. The molecule has 0 unspecified atom stereocenters. The Balaban J connectivity index is 2.82. The molecule has 0 fully saturated rings. The summed E-state index contributed by atoms with van der Waals surface area (Å²) in [5, 5.41) is 0. The second-order valence-corrected chi connectivity index (χ2v) is 4.64. The summed E-state index contributed by atoms with van der Waals surface area (Å²) < 4.78 is 36.2. The summed E-state index contributed by atoms with van der Waals surface area (Å²) in [5.74, 6) is -0.0567. The molecule has 0 atom stereocenters. The quantitative estimate of drug-likeness (QED) is 0.595. The van der Waals surface area contributed by atoms with Crippen LogP contribution in [0, 0.1) is 0 Å². The molecule has 0 aliphatic heterocycles. The van der Waals surface area contributed by atoms with Crippen LogP contribution in [-0.2, 0) is 4.79 Å². The molecule has 0 aromatic heterocycles. The van der Waals surface area contributed by atoms with E-state index in [2.05, 4.69) is 0 Å². The minimum absolute atomic E-state index is 0.0567. The molecule has 0 radical (unpaired) electrons. The van der Waals surface area contributed by atoms with E-state index in [0.29, 0.717) is 11.1 Å². The average Bonchev–Trinajstić information content (AvgIpc) is 2.18. The highest BCUT2D eigenvalue weighted by Gasteiger charge is 2.28. The molecule has 1 aromatic rings. The van der Waals surface area contributed by atoms with Crippen molar-refractivity contribution in [2.75, 3.05) is 0 Å². The molecule has 1 aromatic carbocycles. The maximum absolute atomic E-state index is 12.1. The predicted molar refractivity (Wildman–Crippen MR) is 62.7 cm³/mol. The fourth-order valence-electron chi connectivity index (χ4n) is 1.12. The lowest BCUT2D eigenvalue weighted by Gasteiger charge is -2.05. The smallest absolute Gasteiger partial charge is 0.295 e. The van der Waals surface area contributed by atoms with E-state index in [1.165, 1.54) is 19.1 Å². The number of ketones is 1. The molecule has 1 rings (SSSR count). The van der Waals surface area contributed by atoms with Crippen molar-refractivity contribution in [3.63, 3.8) is 0 Å². The van der Waals surface area contributed by atoms with E-state index in [4.69, 9.17) is 0 Å². The molecule has 0 aliphatic carbocycles. The lowest BCUT2D eigenvalue weighted by atomic mass is 10.1. The summed E-state index contributed by atoms with van der Waals surface area (Å²) in [4.78, 5) is 11.1. The molecule has 1 nitrogen and oxygen atoms in total. The van der Waals surface area contributed by atoms with Crippen molar-refractivity contribution in [2.45, 2.75) is 24.3 Å². The van der Waals surface area contributed by atoms with Gasteiger partial charge in [0.15, 0.2) is 5.78 Å². The van der Waals surface area contributed by atoms with Gasteiger partial charge in [0.05, 0.1) is 0 Å². The van der Waals surface area contributed by atoms with Crippen LogP contribution in [0.25, 0.3) is 6.08 Å². The first-order chi connectivity index (χ1) is 7.78. The van der Waals surface area contributed by atoms with Gasteiger partial charge in [-0.2, -0.15) is 13.2 Å². The van der Waals surface area contributed by atoms with Crippen LogP contribution in [0.2, 0.25) is 0 Å². The molecular formula is C12H11F3OS. The fourth-order valence-corrected chi connectivity index (χ4v) is 1.66. The van der Waals surface area contributed by atoms with Crippen molar-refractivity contribution in [3.8, 4) is 0 Å². The number of hydrogen-bond donors (Lipinski definition) is 0. The van der Waals surface area contributed by atoms with Crippen LogP contribution in [0.4, 0.5) is 13.2 Å². The van der Waals surface area contributed by atoms with Crippen LogP contribution in [0.15, 0.2) is 34.7 Å². The average molecular weight is 260 g/mol. The Hall–Kier alpha value is -1.23. The van der Waals surface area contributed by atoms with Crippen molar-refractivity contribution in [2.24, 2.45) is 0 Å². The molecular weight excluding hydrogens is 249 g/mol. The van der Waals surface area contributed by atoms with Crippen LogP contribution in [0.3, 0.4) is 0 Å². The first-order valence-corrected chi connectivity index (χ1v) is 5.64. The topological polar surface area (TPSA) is 17.1 Å². The number of thioether (sulfide) groups is 1. The fraction of sp³-hybridized carbons (Fsp3) is 0.250. The standard InChI is InChI=1S/C12H11F3OS/c1-8(9(2)16)7-10-3-5-11(6-4-10)17-12(13,14)15/h3-7H,1-2H3/b8-7+. The van der Waals surface area contributed by atoms with Crippen molar-refractivity contribution < 1.29 is 18.0 Å². The van der Waals surface area contributed by atoms with Crippen LogP contribution in [0.1, 0.15) is 19.4 Å². The summed E-state index contributed by atoms with van der Waals surface area (Å²) in [6, 6.07) is 5.88. The van der Waals surface area contributed by atoms with Crippen LogP contribution < -0.4 is 0 Å². The van der Waals surface area contributed by atoms with Crippen LogP contribution in [-0.4, -0.2) is 11.3 Å². The second-order valence-electron chi connectivity index (χ2n) is 3.50. The van der Waals surface area contributed by atoms with Crippen LogP contribution in [0.5, 0.6) is 0 Å². The molecule has 0 aliphatic rings. The van der Waals surface area contributed by atoms with Crippen molar-refractivity contribution in [3.05, 3.63) is 35.4 Å². The highest BCUT2D eigenvalue weighted by molar-refractivity contribution is 8.00. The number of alkyl halides is 3. The van der Waals surface area contributed by atoms with Gasteiger partial charge in [0.1, 0.15) is 0 Å². The van der Waals surface area contributed by atoms with Gasteiger partial charge in [-0.15, -0.1) is 0 Å². The van der Waals surface area contributed by atoms with Gasteiger partial charge >= 0.3 is 5.51 Å². The maximum atomic E-state index is 12.1. The zero-order valence-corrected chi connectivity index (χ0v) is 10.2. The Bertz CT molecular complexity index is 432. The van der Waals surface area contributed by atoms with E-state index in [0.717, 1.165) is 0 Å². The maximum Gasteiger partial charge on any atom is 0.446 e. The molecule has 92 valence electrons. The highest BCUT2D eigenvalue weighted by atomic mass is 32.2. The molecule has 0 amide bonds. The molecule has 0 heterocycles. The van der Waals surface area contributed by atoms with Crippen molar-refractivity contribution in [1.82, 2.24) is 0 Å². The van der Waals surface area contributed by atoms with Crippen molar-refractivity contribution >= 4 is 23.6 Å². The van der Waals surface area contributed by atoms with Gasteiger partial charge in [-0.05, 0) is 55.0 Å². The zero-order valence-electron chi connectivity index (χ0n) is 9.34. The van der Waals surface area contributed by atoms with E-state index in [1.54, 1.807) is 25.1 Å². The minimum atomic E-state index is -4.27. The first kappa shape index (κ1) is 13.8. The predicted octanol–water partition coefficient (Wildman–Crippen LogP) is 4.29. The summed E-state index contributed by atoms with van der Waals surface area (Å²) in [5.41, 5.74) is -2.99. The summed E-state index contributed by atoms with van der Waals surface area (Å²) in [6.07, 6.45) is 1.64. The lowest BCUT2D eigenvalue weighted by molar-refractivity contribution is -0.113. The first-order valence-electron chi connectivity index (χ1n) is 4.83. The van der Waals surface area contributed by atoms with Gasteiger partial charge in [0.2, 0.25) is 0 Å². The number of hydrogen-bond acceptors (Lipinski definition) is 2. The van der Waals surface area contributed by atoms with Crippen LogP contribution >= 0.6 is 11.8 Å². The van der Waals surface area contributed by atoms with E-state index in [1.807, 2.05) is 0 Å². The number of allylic oxidation sites excluding steroid dienone is 1. The van der Waals surface area contributed by atoms with Crippen molar-refractivity contribution in [1.29, 1.82) is 0 Å². The summed E-state index contributed by atoms with van der Waals surface area (Å²) in [6.45, 7) is 3.11.